The summed E-state index contributed by atoms with van der Waals surface area (Å²) >= 11 is 0. The lowest BCUT2D eigenvalue weighted by Gasteiger charge is -2.17. The van der Waals surface area contributed by atoms with E-state index in [4.69, 9.17) is 9.98 Å². The second kappa shape index (κ2) is 11.5. The van der Waals surface area contributed by atoms with E-state index in [2.05, 4.69) is 15.3 Å². The van der Waals surface area contributed by atoms with Crippen LogP contribution in [0.5, 0.6) is 0 Å². The molecule has 5 rings (SSSR count). The summed E-state index contributed by atoms with van der Waals surface area (Å²) in [5, 5.41) is 2.60. The van der Waals surface area contributed by atoms with Gasteiger partial charge in [0, 0.05) is 24.4 Å². The van der Waals surface area contributed by atoms with E-state index >= 15 is 0 Å². The van der Waals surface area contributed by atoms with Gasteiger partial charge in [-0.2, -0.15) is 0 Å². The molecule has 4 aromatic rings. The van der Waals surface area contributed by atoms with Crippen LogP contribution in [0, 0.1) is 5.82 Å². The highest BCUT2D eigenvalue weighted by molar-refractivity contribution is 6.57. The summed E-state index contributed by atoms with van der Waals surface area (Å²) in [6.07, 6.45) is 0.206. The summed E-state index contributed by atoms with van der Waals surface area (Å²) in [5.74, 6) is -2.37. The fourth-order valence-corrected chi connectivity index (χ4v) is 4.53. The number of aromatic amines is 1. The molecule has 40 heavy (non-hydrogen) atoms. The molecule has 0 radical (unpaired) electrons. The quantitative estimate of drug-likeness (QED) is 0.281. The summed E-state index contributed by atoms with van der Waals surface area (Å²) in [6, 6.07) is 17.2. The number of fused-ring (bicyclic) bond motifs is 1. The minimum atomic E-state index is -2.76. The van der Waals surface area contributed by atoms with E-state index in [-0.39, 0.29) is 16.9 Å². The number of alkyl halides is 2. The predicted molar refractivity (Wildman–Crippen MR) is 148 cm³/mol. The number of H-pyrrole nitrogens is 1. The maximum Gasteiger partial charge on any atom is 0.259 e. The molecule has 202 valence electrons. The highest BCUT2D eigenvalue weighted by atomic mass is 19.3. The van der Waals surface area contributed by atoms with Gasteiger partial charge in [0.25, 0.3) is 5.56 Å². The molecule has 1 unspecified atom stereocenters. The van der Waals surface area contributed by atoms with Crippen molar-refractivity contribution in [1.82, 2.24) is 9.97 Å². The minimum absolute atomic E-state index is 0.103. The normalized spacial score (nSPS) is 14.2. The molecule has 10 heteroatoms. The number of hydrogen-bond acceptors (Lipinski definition) is 5. The molecule has 1 aliphatic heterocycles. The standard InChI is InChI=1S/C30H24F3N5O2/c1-2-17-16-35-30(40)25-26(17)38-27(28(25)36-21-6-4-3-5-7-21)19-12-13-34-24(14-19)37-29(39)22(15-23(32)33)18-8-10-20(31)11-9-18/h3-14,16,22-23H,2,15H2,1H3,(H,35,40)(H,34,37,39). The Morgan fingerprint density at radius 1 is 1.07 bits per heavy atom. The number of nitrogens with one attached hydrogen (secondary N) is 2. The summed E-state index contributed by atoms with van der Waals surface area (Å²) in [4.78, 5) is 42.5. The number of pyridine rings is 2. The Kier molecular flexibility index (Phi) is 7.68. The average Bonchev–Trinajstić information content (AvgIpc) is 3.33. The van der Waals surface area contributed by atoms with Crippen molar-refractivity contribution in [3.63, 3.8) is 0 Å². The predicted octanol–water partition coefficient (Wildman–Crippen LogP) is 6.10. The van der Waals surface area contributed by atoms with E-state index in [0.717, 1.165) is 17.7 Å². The van der Waals surface area contributed by atoms with E-state index in [9.17, 15) is 22.8 Å². The van der Waals surface area contributed by atoms with E-state index in [1.165, 1.54) is 18.3 Å². The van der Waals surface area contributed by atoms with Crippen LogP contribution in [-0.4, -0.2) is 33.7 Å². The average molecular weight is 544 g/mol. The number of aromatic nitrogens is 2. The number of benzene rings is 2. The van der Waals surface area contributed by atoms with Gasteiger partial charge >= 0.3 is 0 Å². The maximum absolute atomic E-state index is 13.4. The molecule has 2 aromatic heterocycles. The Hall–Kier alpha value is -4.86. The second-order valence-corrected chi connectivity index (χ2v) is 9.13. The van der Waals surface area contributed by atoms with Crippen molar-refractivity contribution in [3.05, 3.63) is 118 Å². The SMILES string of the molecule is CCc1c[nH]c(=O)c2c1N=C(c1ccnc(NC(=O)C(CC(F)F)c3ccc(F)cc3)c1)C2=Nc1ccccc1. The van der Waals surface area contributed by atoms with Gasteiger partial charge in [-0.05, 0) is 53.9 Å². The number of aliphatic imine (C=N–C) groups is 2. The highest BCUT2D eigenvalue weighted by Gasteiger charge is 2.30. The van der Waals surface area contributed by atoms with Gasteiger partial charge in [0.15, 0.2) is 0 Å². The summed E-state index contributed by atoms with van der Waals surface area (Å²) < 4.78 is 40.1. The molecular formula is C30H24F3N5O2. The summed E-state index contributed by atoms with van der Waals surface area (Å²) in [7, 11) is 0. The van der Waals surface area contributed by atoms with Crippen LogP contribution in [0.2, 0.25) is 0 Å². The maximum atomic E-state index is 13.4. The van der Waals surface area contributed by atoms with Gasteiger partial charge in [0.1, 0.15) is 17.3 Å². The second-order valence-electron chi connectivity index (χ2n) is 9.13. The van der Waals surface area contributed by atoms with Gasteiger partial charge in [-0.3, -0.25) is 9.59 Å². The van der Waals surface area contributed by atoms with E-state index in [1.54, 1.807) is 30.5 Å². The van der Waals surface area contributed by atoms with E-state index in [1.807, 2.05) is 25.1 Å². The van der Waals surface area contributed by atoms with E-state index < -0.39 is 30.5 Å². The van der Waals surface area contributed by atoms with Gasteiger partial charge in [0.2, 0.25) is 12.3 Å². The topological polar surface area (TPSA) is 99.6 Å². The number of para-hydroxylation sites is 1. The van der Waals surface area contributed by atoms with Crippen LogP contribution in [0.25, 0.3) is 0 Å². The van der Waals surface area contributed by atoms with Crippen molar-refractivity contribution in [2.75, 3.05) is 5.32 Å². The van der Waals surface area contributed by atoms with Crippen LogP contribution in [0.4, 0.5) is 30.4 Å². The summed E-state index contributed by atoms with van der Waals surface area (Å²) in [6.45, 7) is 1.95. The minimum Gasteiger partial charge on any atom is -0.328 e. The zero-order valence-corrected chi connectivity index (χ0v) is 21.4. The zero-order chi connectivity index (χ0) is 28.2. The largest absolute Gasteiger partial charge is 0.328 e. The number of rotatable bonds is 8. The van der Waals surface area contributed by atoms with Crippen LogP contribution >= 0.6 is 0 Å². The van der Waals surface area contributed by atoms with Crippen molar-refractivity contribution >= 4 is 34.5 Å². The lowest BCUT2D eigenvalue weighted by molar-refractivity contribution is -0.118. The Balaban J connectivity index is 1.52. The number of carbonyl (C=O) groups is 1. The first-order valence-electron chi connectivity index (χ1n) is 12.6. The molecule has 2 aromatic carbocycles. The lowest BCUT2D eigenvalue weighted by Crippen LogP contribution is -2.24. The first kappa shape index (κ1) is 26.7. The van der Waals surface area contributed by atoms with Crippen molar-refractivity contribution in [3.8, 4) is 0 Å². The third-order valence-electron chi connectivity index (χ3n) is 6.50. The molecule has 1 amide bonds. The first-order valence-corrected chi connectivity index (χ1v) is 12.6. The third-order valence-corrected chi connectivity index (χ3v) is 6.50. The molecule has 0 saturated carbocycles. The number of carbonyl (C=O) groups excluding carboxylic acids is 1. The molecule has 7 nitrogen and oxygen atoms in total. The van der Waals surface area contributed by atoms with Gasteiger partial charge in [-0.1, -0.05) is 37.3 Å². The van der Waals surface area contributed by atoms with Crippen LogP contribution in [-0.2, 0) is 11.2 Å². The fraction of sp³-hybridized carbons (Fsp3) is 0.167. The zero-order valence-electron chi connectivity index (χ0n) is 21.4. The Morgan fingerprint density at radius 2 is 1.82 bits per heavy atom. The van der Waals surface area contributed by atoms with Gasteiger partial charge in [-0.25, -0.2) is 28.1 Å². The van der Waals surface area contributed by atoms with Gasteiger partial charge < -0.3 is 10.3 Å². The number of amides is 1. The van der Waals surface area contributed by atoms with Crippen LogP contribution in [0.3, 0.4) is 0 Å². The fourth-order valence-electron chi connectivity index (χ4n) is 4.53. The molecule has 1 atom stereocenters. The lowest BCUT2D eigenvalue weighted by atomic mass is 9.95. The monoisotopic (exact) mass is 543 g/mol. The molecule has 3 heterocycles. The van der Waals surface area contributed by atoms with Crippen molar-refractivity contribution in [1.29, 1.82) is 0 Å². The number of aryl methyl sites for hydroxylation is 1. The number of nitrogens with zero attached hydrogens (tertiary/aromatic N) is 3. The number of anilines is 1. The number of halogens is 3. The van der Waals surface area contributed by atoms with Crippen molar-refractivity contribution < 1.29 is 18.0 Å². The number of hydrogen-bond donors (Lipinski definition) is 2. The van der Waals surface area contributed by atoms with Crippen molar-refractivity contribution in [2.45, 2.75) is 32.1 Å². The summed E-state index contributed by atoms with van der Waals surface area (Å²) in [5.41, 5.74) is 3.53. The molecule has 0 spiro atoms. The first-order chi connectivity index (χ1) is 19.3. The Bertz CT molecular complexity index is 1670. The Labute approximate surface area is 227 Å². The van der Waals surface area contributed by atoms with Crippen LogP contribution in [0.15, 0.2) is 93.9 Å². The van der Waals surface area contributed by atoms with Gasteiger partial charge in [0.05, 0.1) is 28.6 Å². The molecule has 0 bridgehead atoms. The third kappa shape index (κ3) is 5.61. The Morgan fingerprint density at radius 3 is 2.52 bits per heavy atom. The van der Waals surface area contributed by atoms with Crippen molar-refractivity contribution in [2.24, 2.45) is 9.98 Å². The molecule has 0 aliphatic carbocycles. The van der Waals surface area contributed by atoms with Crippen LogP contribution < -0.4 is 10.9 Å². The smallest absolute Gasteiger partial charge is 0.259 e. The molecule has 0 saturated heterocycles. The molecule has 2 N–H and O–H groups in total. The van der Waals surface area contributed by atoms with Crippen LogP contribution in [0.1, 0.15) is 41.5 Å². The van der Waals surface area contributed by atoms with E-state index in [0.29, 0.717) is 40.3 Å². The molecule has 0 fully saturated rings. The molecule has 1 aliphatic rings. The van der Waals surface area contributed by atoms with Gasteiger partial charge in [-0.15, -0.1) is 0 Å². The molecular weight excluding hydrogens is 519 g/mol. The highest BCUT2D eigenvalue weighted by Crippen LogP contribution is 2.33.